The molecule has 0 aliphatic heterocycles. The summed E-state index contributed by atoms with van der Waals surface area (Å²) in [6.07, 6.45) is -0.796. The minimum atomic E-state index is -4.38. The molecule has 94 valence electrons. The van der Waals surface area contributed by atoms with E-state index in [2.05, 4.69) is 15.0 Å². The Hall–Kier alpha value is -1.83. The largest absolute Gasteiger partial charge is 0.417 e. The summed E-state index contributed by atoms with van der Waals surface area (Å²) in [6, 6.07) is 2.26. The molecule has 2 heterocycles. The van der Waals surface area contributed by atoms with Crippen molar-refractivity contribution in [3.05, 3.63) is 36.3 Å². The van der Waals surface area contributed by atoms with E-state index in [4.69, 9.17) is 5.73 Å². The maximum absolute atomic E-state index is 12.3. The van der Waals surface area contributed by atoms with Gasteiger partial charge >= 0.3 is 6.18 Å². The van der Waals surface area contributed by atoms with Crippen LogP contribution in [0.15, 0.2) is 40.8 Å². The Kier molecular flexibility index (Phi) is 3.37. The summed E-state index contributed by atoms with van der Waals surface area (Å²) in [5.74, 6) is 0.278. The van der Waals surface area contributed by atoms with Gasteiger partial charge in [0.2, 0.25) is 0 Å². The molecule has 4 nitrogen and oxygen atoms in total. The van der Waals surface area contributed by atoms with E-state index in [9.17, 15) is 13.2 Å². The highest BCUT2D eigenvalue weighted by Gasteiger charge is 2.30. The molecule has 0 fully saturated rings. The highest BCUT2D eigenvalue weighted by atomic mass is 32.2. The van der Waals surface area contributed by atoms with Crippen LogP contribution in [0.5, 0.6) is 0 Å². The summed E-state index contributed by atoms with van der Waals surface area (Å²) in [5, 5.41) is 0.915. The number of anilines is 1. The van der Waals surface area contributed by atoms with Crippen LogP contribution >= 0.6 is 11.8 Å². The number of alkyl halides is 3. The lowest BCUT2D eigenvalue weighted by atomic mass is 10.3. The van der Waals surface area contributed by atoms with Crippen molar-refractivity contribution in [1.82, 2.24) is 15.0 Å². The lowest BCUT2D eigenvalue weighted by Crippen LogP contribution is -2.05. The van der Waals surface area contributed by atoms with Crippen molar-refractivity contribution in [2.75, 3.05) is 5.73 Å². The topological polar surface area (TPSA) is 64.7 Å². The summed E-state index contributed by atoms with van der Waals surface area (Å²) in [7, 11) is 0. The van der Waals surface area contributed by atoms with E-state index in [1.807, 2.05) is 0 Å². The van der Waals surface area contributed by atoms with Crippen molar-refractivity contribution in [2.45, 2.75) is 16.2 Å². The summed E-state index contributed by atoms with van der Waals surface area (Å²) in [5.41, 5.74) is 4.58. The molecular formula is C10H7F3N4S. The third kappa shape index (κ3) is 3.10. The van der Waals surface area contributed by atoms with Crippen LogP contribution in [-0.4, -0.2) is 15.0 Å². The van der Waals surface area contributed by atoms with Gasteiger partial charge in [0.05, 0.1) is 18.0 Å². The van der Waals surface area contributed by atoms with E-state index in [-0.39, 0.29) is 5.82 Å². The minimum Gasteiger partial charge on any atom is -0.382 e. The Balaban J connectivity index is 2.13. The number of rotatable bonds is 2. The number of nitrogens with two attached hydrogens (primary N) is 1. The molecule has 0 spiro atoms. The number of nitrogens with zero attached hydrogens (tertiary/aromatic N) is 3. The van der Waals surface area contributed by atoms with Crippen molar-refractivity contribution in [1.29, 1.82) is 0 Å². The highest BCUT2D eigenvalue weighted by Crippen LogP contribution is 2.30. The van der Waals surface area contributed by atoms with Gasteiger partial charge in [-0.25, -0.2) is 15.0 Å². The molecule has 8 heteroatoms. The van der Waals surface area contributed by atoms with Gasteiger partial charge in [-0.2, -0.15) is 13.2 Å². The Morgan fingerprint density at radius 1 is 0.944 bits per heavy atom. The van der Waals surface area contributed by atoms with Gasteiger partial charge in [-0.1, -0.05) is 0 Å². The zero-order chi connectivity index (χ0) is 13.2. The maximum atomic E-state index is 12.3. The van der Waals surface area contributed by atoms with Crippen LogP contribution in [0.1, 0.15) is 5.56 Å². The third-order valence-corrected chi connectivity index (χ3v) is 2.79. The number of hydrogen-bond donors (Lipinski definition) is 1. The molecule has 0 unspecified atom stereocenters. The zero-order valence-corrected chi connectivity index (χ0v) is 9.66. The molecule has 0 aliphatic carbocycles. The fraction of sp³-hybridized carbons (Fsp3) is 0.100. The molecule has 0 saturated heterocycles. The third-order valence-electron chi connectivity index (χ3n) is 1.92. The van der Waals surface area contributed by atoms with E-state index in [0.717, 1.165) is 24.0 Å². The van der Waals surface area contributed by atoms with E-state index >= 15 is 0 Å². The van der Waals surface area contributed by atoms with Gasteiger partial charge < -0.3 is 5.73 Å². The van der Waals surface area contributed by atoms with Gasteiger partial charge in [0, 0.05) is 6.20 Å². The van der Waals surface area contributed by atoms with Crippen molar-refractivity contribution in [3.63, 3.8) is 0 Å². The monoisotopic (exact) mass is 272 g/mol. The number of aromatic nitrogens is 3. The normalized spacial score (nSPS) is 11.5. The molecular weight excluding hydrogens is 265 g/mol. The first-order valence-corrected chi connectivity index (χ1v) is 5.55. The van der Waals surface area contributed by atoms with Crippen LogP contribution in [-0.2, 0) is 6.18 Å². The fourth-order valence-corrected chi connectivity index (χ4v) is 1.76. The second-order valence-electron chi connectivity index (χ2n) is 3.26. The van der Waals surface area contributed by atoms with Gasteiger partial charge in [-0.15, -0.1) is 0 Å². The molecule has 0 saturated carbocycles. The predicted octanol–water partition coefficient (Wildman–Crippen LogP) is 2.62. The van der Waals surface area contributed by atoms with Gasteiger partial charge in [0.1, 0.15) is 15.9 Å². The second-order valence-corrected chi connectivity index (χ2v) is 4.31. The molecule has 2 rings (SSSR count). The molecule has 2 N–H and O–H groups in total. The first kappa shape index (κ1) is 12.6. The van der Waals surface area contributed by atoms with Crippen LogP contribution in [0.2, 0.25) is 0 Å². The molecule has 0 bridgehead atoms. The molecule has 2 aromatic rings. The van der Waals surface area contributed by atoms with Crippen LogP contribution in [0.25, 0.3) is 0 Å². The van der Waals surface area contributed by atoms with Gasteiger partial charge in [0.15, 0.2) is 0 Å². The first-order chi connectivity index (χ1) is 8.45. The van der Waals surface area contributed by atoms with Crippen LogP contribution in [0, 0.1) is 0 Å². The second kappa shape index (κ2) is 4.81. The fourth-order valence-electron chi connectivity index (χ4n) is 1.09. The van der Waals surface area contributed by atoms with Crippen molar-refractivity contribution >= 4 is 17.6 Å². The first-order valence-electron chi connectivity index (χ1n) is 4.74. The summed E-state index contributed by atoms with van der Waals surface area (Å²) < 4.78 is 36.9. The summed E-state index contributed by atoms with van der Waals surface area (Å²) in [4.78, 5) is 11.5. The molecule has 18 heavy (non-hydrogen) atoms. The van der Waals surface area contributed by atoms with Gasteiger partial charge in [-0.05, 0) is 23.9 Å². The molecule has 0 amide bonds. The SMILES string of the molecule is Nc1cnc(Sc2ccc(C(F)(F)F)cn2)cn1. The smallest absolute Gasteiger partial charge is 0.382 e. The predicted molar refractivity (Wildman–Crippen MR) is 59.8 cm³/mol. The Labute approximate surface area is 104 Å². The average molecular weight is 272 g/mol. The Morgan fingerprint density at radius 3 is 2.17 bits per heavy atom. The number of halogens is 3. The molecule has 0 aliphatic rings. The molecule has 2 aromatic heterocycles. The maximum Gasteiger partial charge on any atom is 0.417 e. The number of pyridine rings is 1. The molecule has 0 radical (unpaired) electrons. The summed E-state index contributed by atoms with van der Waals surface area (Å²) >= 11 is 1.11. The van der Waals surface area contributed by atoms with Crippen LogP contribution in [0.3, 0.4) is 0 Å². The highest BCUT2D eigenvalue weighted by molar-refractivity contribution is 7.99. The minimum absolute atomic E-state index is 0.278. The Morgan fingerprint density at radius 2 is 1.67 bits per heavy atom. The van der Waals surface area contributed by atoms with E-state index in [1.54, 1.807) is 0 Å². The van der Waals surface area contributed by atoms with Crippen molar-refractivity contribution in [3.8, 4) is 0 Å². The number of hydrogen-bond acceptors (Lipinski definition) is 5. The molecule has 0 aromatic carbocycles. The lowest BCUT2D eigenvalue weighted by molar-refractivity contribution is -0.137. The average Bonchev–Trinajstić information content (AvgIpc) is 2.32. The zero-order valence-electron chi connectivity index (χ0n) is 8.85. The summed E-state index contributed by atoms with van der Waals surface area (Å²) in [6.45, 7) is 0. The van der Waals surface area contributed by atoms with Crippen LogP contribution in [0.4, 0.5) is 19.0 Å². The van der Waals surface area contributed by atoms with Crippen molar-refractivity contribution < 1.29 is 13.2 Å². The Bertz CT molecular complexity index is 524. The van der Waals surface area contributed by atoms with E-state index in [0.29, 0.717) is 10.1 Å². The quantitative estimate of drug-likeness (QED) is 0.910. The molecule has 0 atom stereocenters. The van der Waals surface area contributed by atoms with Crippen LogP contribution < -0.4 is 5.73 Å². The van der Waals surface area contributed by atoms with Crippen molar-refractivity contribution in [2.24, 2.45) is 0 Å². The lowest BCUT2D eigenvalue weighted by Gasteiger charge is -2.06. The van der Waals surface area contributed by atoms with E-state index in [1.165, 1.54) is 18.5 Å². The standard InChI is InChI=1S/C10H7F3N4S/c11-10(12,13)6-1-2-8(16-3-6)18-9-5-15-7(14)4-17-9/h1-5H,(H2,14,15). The van der Waals surface area contributed by atoms with Gasteiger partial charge in [-0.3, -0.25) is 0 Å². The van der Waals surface area contributed by atoms with Gasteiger partial charge in [0.25, 0.3) is 0 Å². The number of nitrogen functional groups attached to an aromatic ring is 1. The van der Waals surface area contributed by atoms with E-state index < -0.39 is 11.7 Å².